The summed E-state index contributed by atoms with van der Waals surface area (Å²) in [7, 11) is -5.01. The van der Waals surface area contributed by atoms with Crippen LogP contribution >= 0.6 is 7.82 Å². The zero-order valence-electron chi connectivity index (χ0n) is 25.2. The Balaban J connectivity index is 2.15. The van der Waals surface area contributed by atoms with Crippen molar-refractivity contribution in [1.82, 2.24) is 0 Å². The minimum absolute atomic E-state index is 0.0608. The number of carbonyl (C=O) groups is 1. The Morgan fingerprint density at radius 3 is 1.55 bits per heavy atom. The Morgan fingerprint density at radius 1 is 0.682 bits per heavy atom. The van der Waals surface area contributed by atoms with Gasteiger partial charge in [-0.3, -0.25) is 13.8 Å². The van der Waals surface area contributed by atoms with Gasteiger partial charge in [-0.1, -0.05) is 79.8 Å². The number of carbonyl (C=O) groups excluding carboxylic acids is 1. The average molecular weight is 645 g/mol. The van der Waals surface area contributed by atoms with Gasteiger partial charge in [0.2, 0.25) is 0 Å². The first-order valence-electron chi connectivity index (χ1n) is 14.8. The van der Waals surface area contributed by atoms with E-state index in [0.29, 0.717) is 6.42 Å². The van der Waals surface area contributed by atoms with Gasteiger partial charge in [-0.2, -0.15) is 0 Å². The third-order valence-corrected chi connectivity index (χ3v) is 7.29. The van der Waals surface area contributed by atoms with Crippen molar-refractivity contribution < 1.29 is 58.7 Å². The fourth-order valence-electron chi connectivity index (χ4n) is 3.84. The number of rotatable bonds is 21. The van der Waals surface area contributed by atoms with Crippen molar-refractivity contribution in [1.29, 1.82) is 0 Å². The second-order valence-corrected chi connectivity index (χ2v) is 11.5. The standard InChI is InChI=1S/C31H49O12P/c1-2-3-4-5-6-7-8-9-10-11-12-13-14-15-16-17-18-19-20-21-25(33)41-22-24(32)23-42-44(39,40)43-31-29(37)27(35)26(34)28(36)30(31)38/h3-4,6-7,9-10,12-13,15-16,18-19,24,26-32,34-38H,2,5,8,11,14,17,20-23H2,1H3,(H,39,40)/b4-3-,7-6-,10-9-,13-12-,16-15-,19-18-/t24-,26?,27-,28?,29?,30?,31?/m1/s1. The van der Waals surface area contributed by atoms with E-state index in [1.165, 1.54) is 0 Å². The van der Waals surface area contributed by atoms with E-state index in [-0.39, 0.29) is 6.42 Å². The Kier molecular flexibility index (Phi) is 21.0. The van der Waals surface area contributed by atoms with E-state index in [1.54, 1.807) is 0 Å². The van der Waals surface area contributed by atoms with E-state index in [1.807, 2.05) is 18.2 Å². The van der Waals surface area contributed by atoms with Gasteiger partial charge in [0.15, 0.2) is 0 Å². The molecule has 0 aromatic carbocycles. The Hall–Kier alpha value is -2.22. The van der Waals surface area contributed by atoms with Crippen molar-refractivity contribution in [3.8, 4) is 0 Å². The molecule has 12 nitrogen and oxygen atoms in total. The predicted molar refractivity (Wildman–Crippen MR) is 165 cm³/mol. The molecule has 7 N–H and O–H groups in total. The zero-order chi connectivity index (χ0) is 32.8. The Morgan fingerprint density at radius 2 is 1.09 bits per heavy atom. The average Bonchev–Trinajstić information content (AvgIpc) is 3.00. The van der Waals surface area contributed by atoms with E-state index >= 15 is 0 Å². The highest BCUT2D eigenvalue weighted by Crippen LogP contribution is 2.47. The molecule has 0 aromatic heterocycles. The molecule has 1 aliphatic carbocycles. The molecule has 1 fully saturated rings. The van der Waals surface area contributed by atoms with Gasteiger partial charge in [0, 0.05) is 6.42 Å². The van der Waals surface area contributed by atoms with Crippen LogP contribution in [0.5, 0.6) is 0 Å². The molecule has 0 heterocycles. The second kappa shape index (κ2) is 23.2. The van der Waals surface area contributed by atoms with Crippen LogP contribution in [0, 0.1) is 0 Å². The molecule has 0 aliphatic heterocycles. The molecule has 6 unspecified atom stereocenters. The summed E-state index contributed by atoms with van der Waals surface area (Å²) in [6.45, 7) is 0.790. The minimum atomic E-state index is -5.01. The van der Waals surface area contributed by atoms with Gasteiger partial charge in [0.1, 0.15) is 49.3 Å². The quantitative estimate of drug-likeness (QED) is 0.0548. The van der Waals surface area contributed by atoms with Crippen molar-refractivity contribution in [3.05, 3.63) is 72.9 Å². The number of hydrogen-bond acceptors (Lipinski definition) is 11. The number of ether oxygens (including phenoxy) is 1. The molecule has 0 amide bonds. The maximum absolute atomic E-state index is 12.1. The van der Waals surface area contributed by atoms with Crippen molar-refractivity contribution >= 4 is 13.8 Å². The van der Waals surface area contributed by atoms with Gasteiger partial charge in [-0.05, 0) is 44.9 Å². The molecule has 0 saturated heterocycles. The van der Waals surface area contributed by atoms with Crippen LogP contribution in [0.1, 0.15) is 58.3 Å². The van der Waals surface area contributed by atoms with Crippen LogP contribution in [-0.2, 0) is 23.1 Å². The van der Waals surface area contributed by atoms with Crippen molar-refractivity contribution in [2.24, 2.45) is 0 Å². The van der Waals surface area contributed by atoms with E-state index in [0.717, 1.165) is 38.5 Å². The van der Waals surface area contributed by atoms with Gasteiger partial charge in [0.25, 0.3) is 0 Å². The number of esters is 1. The number of phosphoric ester groups is 1. The van der Waals surface area contributed by atoms with Crippen molar-refractivity contribution in [2.75, 3.05) is 13.2 Å². The topological polar surface area (TPSA) is 203 Å². The number of aliphatic hydroxyl groups excluding tert-OH is 6. The van der Waals surface area contributed by atoms with E-state index in [2.05, 4.69) is 70.7 Å². The molecule has 1 saturated carbocycles. The summed E-state index contributed by atoms with van der Waals surface area (Å²) in [5, 5.41) is 58.6. The lowest BCUT2D eigenvalue weighted by Gasteiger charge is -2.41. The van der Waals surface area contributed by atoms with E-state index in [9.17, 15) is 44.9 Å². The molecule has 0 radical (unpaired) electrons. The number of phosphoric acid groups is 1. The van der Waals surface area contributed by atoms with Crippen LogP contribution in [0.2, 0.25) is 0 Å². The highest BCUT2D eigenvalue weighted by atomic mass is 31.2. The second-order valence-electron chi connectivity index (χ2n) is 10.1. The summed E-state index contributed by atoms with van der Waals surface area (Å²) in [6.07, 6.45) is 17.6. The van der Waals surface area contributed by atoms with Gasteiger partial charge in [0.05, 0.1) is 6.61 Å². The van der Waals surface area contributed by atoms with Gasteiger partial charge in [-0.25, -0.2) is 4.57 Å². The number of hydrogen-bond donors (Lipinski definition) is 7. The highest BCUT2D eigenvalue weighted by molar-refractivity contribution is 7.47. The van der Waals surface area contributed by atoms with E-state index < -0.39 is 69.7 Å². The number of allylic oxidation sites excluding steroid dienone is 12. The van der Waals surface area contributed by atoms with Gasteiger partial charge < -0.3 is 40.3 Å². The summed E-state index contributed by atoms with van der Waals surface area (Å²) in [5.74, 6) is -0.595. The Bertz CT molecular complexity index is 1010. The lowest BCUT2D eigenvalue weighted by Crippen LogP contribution is -2.64. The van der Waals surface area contributed by atoms with Crippen LogP contribution in [0.4, 0.5) is 0 Å². The van der Waals surface area contributed by atoms with E-state index in [4.69, 9.17) is 4.74 Å². The molecule has 0 bridgehead atoms. The lowest BCUT2D eigenvalue weighted by atomic mass is 9.85. The first-order valence-corrected chi connectivity index (χ1v) is 16.3. The maximum atomic E-state index is 12.1. The Labute approximate surface area is 259 Å². The number of aliphatic hydroxyl groups is 6. The van der Waals surface area contributed by atoms with Crippen molar-refractivity contribution in [2.45, 2.75) is 101 Å². The summed E-state index contributed by atoms with van der Waals surface area (Å²) in [4.78, 5) is 21.7. The van der Waals surface area contributed by atoms with Crippen LogP contribution in [0.15, 0.2) is 72.9 Å². The molecule has 1 rings (SSSR count). The molecule has 13 heteroatoms. The third-order valence-electron chi connectivity index (χ3n) is 6.31. The summed E-state index contributed by atoms with van der Waals surface area (Å²) >= 11 is 0. The van der Waals surface area contributed by atoms with Gasteiger partial charge in [-0.15, -0.1) is 0 Å². The predicted octanol–water partition coefficient (Wildman–Crippen LogP) is 2.69. The van der Waals surface area contributed by atoms with Crippen LogP contribution in [-0.4, -0.2) is 97.4 Å². The molecular weight excluding hydrogens is 595 g/mol. The molecule has 250 valence electrons. The smallest absolute Gasteiger partial charge is 0.463 e. The molecule has 0 aromatic rings. The fourth-order valence-corrected chi connectivity index (χ4v) is 4.81. The highest BCUT2D eigenvalue weighted by Gasteiger charge is 2.51. The largest absolute Gasteiger partial charge is 0.472 e. The monoisotopic (exact) mass is 644 g/mol. The van der Waals surface area contributed by atoms with Gasteiger partial charge >= 0.3 is 13.8 Å². The minimum Gasteiger partial charge on any atom is -0.463 e. The molecule has 8 atom stereocenters. The molecule has 44 heavy (non-hydrogen) atoms. The first kappa shape index (κ1) is 39.8. The molecular formula is C31H49O12P. The SMILES string of the molecule is CC/C=C\C/C=C\C/C=C\C/C=C\C/C=C\C/C=C\CCC(=O)OC[C@@H](O)COP(=O)(O)OC1C(O)C(O)C(O)[C@@H](O)C1O. The third kappa shape index (κ3) is 17.3. The summed E-state index contributed by atoms with van der Waals surface area (Å²) < 4.78 is 26.3. The lowest BCUT2D eigenvalue weighted by molar-refractivity contribution is -0.220. The van der Waals surface area contributed by atoms with Crippen LogP contribution < -0.4 is 0 Å². The maximum Gasteiger partial charge on any atom is 0.472 e. The van der Waals surface area contributed by atoms with Crippen LogP contribution in [0.3, 0.4) is 0 Å². The molecule has 1 aliphatic rings. The van der Waals surface area contributed by atoms with Crippen molar-refractivity contribution in [3.63, 3.8) is 0 Å². The normalized spacial score (nSPS) is 27.0. The van der Waals surface area contributed by atoms with Crippen LogP contribution in [0.25, 0.3) is 0 Å². The zero-order valence-corrected chi connectivity index (χ0v) is 26.1. The summed E-state index contributed by atoms with van der Waals surface area (Å²) in [6, 6.07) is 0. The summed E-state index contributed by atoms with van der Waals surface area (Å²) in [5.41, 5.74) is 0. The fraction of sp³-hybridized carbons (Fsp3) is 0.581. The molecule has 0 spiro atoms. The first-order chi connectivity index (χ1) is 21.0.